The zero-order valence-corrected chi connectivity index (χ0v) is 14.7. The van der Waals surface area contributed by atoms with Gasteiger partial charge in [0.2, 0.25) is 0 Å². The fourth-order valence-electron chi connectivity index (χ4n) is 2.40. The maximum absolute atomic E-state index is 12.6. The Balaban J connectivity index is 2.01. The number of halogens is 1. The molecule has 0 radical (unpaired) electrons. The molecule has 0 aliphatic carbocycles. The molecule has 3 aromatic rings. The molecular formula is C18H18ClN3O3. The lowest BCUT2D eigenvalue weighted by atomic mass is 10.2. The summed E-state index contributed by atoms with van der Waals surface area (Å²) in [7, 11) is 1.58. The van der Waals surface area contributed by atoms with Crippen LogP contribution in [0.2, 0.25) is 5.02 Å². The molecule has 3 rings (SSSR count). The molecule has 7 heteroatoms. The van der Waals surface area contributed by atoms with Crippen LogP contribution in [0.4, 0.5) is 0 Å². The second-order valence-corrected chi connectivity index (χ2v) is 5.90. The zero-order valence-electron chi connectivity index (χ0n) is 14.0. The quantitative estimate of drug-likeness (QED) is 0.684. The van der Waals surface area contributed by atoms with Gasteiger partial charge in [0.15, 0.2) is 5.76 Å². The summed E-state index contributed by atoms with van der Waals surface area (Å²) in [4.78, 5) is 12.6. The number of aryl methyl sites for hydroxylation is 1. The normalized spacial score (nSPS) is 10.8. The van der Waals surface area contributed by atoms with Crippen molar-refractivity contribution in [2.24, 2.45) is 0 Å². The fourth-order valence-corrected chi connectivity index (χ4v) is 2.58. The first-order valence-electron chi connectivity index (χ1n) is 7.78. The lowest BCUT2D eigenvalue weighted by Crippen LogP contribution is -2.28. The van der Waals surface area contributed by atoms with Gasteiger partial charge in [-0.1, -0.05) is 17.7 Å². The molecule has 0 spiro atoms. The first-order valence-corrected chi connectivity index (χ1v) is 8.16. The van der Waals surface area contributed by atoms with Gasteiger partial charge in [0, 0.05) is 24.7 Å². The van der Waals surface area contributed by atoms with Crippen molar-refractivity contribution in [3.05, 3.63) is 58.9 Å². The van der Waals surface area contributed by atoms with Crippen LogP contribution >= 0.6 is 11.6 Å². The van der Waals surface area contributed by atoms with Gasteiger partial charge in [-0.2, -0.15) is 5.10 Å². The van der Waals surface area contributed by atoms with E-state index < -0.39 is 0 Å². The second-order valence-electron chi connectivity index (χ2n) is 5.47. The molecule has 0 fully saturated rings. The predicted molar refractivity (Wildman–Crippen MR) is 95.2 cm³/mol. The Kier molecular flexibility index (Phi) is 5.21. The molecule has 130 valence electrons. The highest BCUT2D eigenvalue weighted by Gasteiger charge is 2.19. The third-order valence-electron chi connectivity index (χ3n) is 3.58. The van der Waals surface area contributed by atoms with Crippen LogP contribution < -0.4 is 5.32 Å². The van der Waals surface area contributed by atoms with Crippen molar-refractivity contribution in [1.29, 1.82) is 0 Å². The van der Waals surface area contributed by atoms with Crippen LogP contribution in [-0.2, 0) is 4.74 Å². The van der Waals surface area contributed by atoms with E-state index in [0.29, 0.717) is 41.0 Å². The molecule has 0 aliphatic rings. The standard InChI is InChI=1S/C18H18ClN3O3/c1-12-6-7-17(25-12)15-11-16(18(23)20-8-9-24-2)22(21-15)14-5-3-4-13(19)10-14/h3-7,10-11H,8-9H2,1-2H3,(H,20,23). The molecule has 6 nitrogen and oxygen atoms in total. The highest BCUT2D eigenvalue weighted by Crippen LogP contribution is 2.24. The van der Waals surface area contributed by atoms with Crippen LogP contribution in [0.25, 0.3) is 17.1 Å². The lowest BCUT2D eigenvalue weighted by molar-refractivity contribution is 0.0929. The van der Waals surface area contributed by atoms with Crippen LogP contribution in [0, 0.1) is 6.92 Å². The molecule has 0 bridgehead atoms. The number of carbonyl (C=O) groups excluding carboxylic acids is 1. The third kappa shape index (κ3) is 3.92. The number of nitrogens with one attached hydrogen (secondary N) is 1. The average molecular weight is 360 g/mol. The monoisotopic (exact) mass is 359 g/mol. The molecule has 0 unspecified atom stereocenters. The van der Waals surface area contributed by atoms with Gasteiger partial charge in [0.25, 0.3) is 5.91 Å². The van der Waals surface area contributed by atoms with E-state index in [1.807, 2.05) is 31.2 Å². The molecule has 0 saturated heterocycles. The summed E-state index contributed by atoms with van der Waals surface area (Å²) in [5.41, 5.74) is 1.66. The first-order chi connectivity index (χ1) is 12.1. The number of aromatic nitrogens is 2. The van der Waals surface area contributed by atoms with Crippen LogP contribution in [0.15, 0.2) is 46.9 Å². The van der Waals surface area contributed by atoms with Gasteiger partial charge in [-0.05, 0) is 37.3 Å². The van der Waals surface area contributed by atoms with Crippen LogP contribution in [-0.4, -0.2) is 35.9 Å². The molecule has 0 saturated carbocycles. The van der Waals surface area contributed by atoms with E-state index in [1.165, 1.54) is 0 Å². The van der Waals surface area contributed by atoms with E-state index in [4.69, 9.17) is 20.8 Å². The Hall–Kier alpha value is -2.57. The van der Waals surface area contributed by atoms with Gasteiger partial charge in [0.1, 0.15) is 17.1 Å². The van der Waals surface area contributed by atoms with Crippen molar-refractivity contribution in [3.63, 3.8) is 0 Å². The van der Waals surface area contributed by atoms with E-state index in [2.05, 4.69) is 10.4 Å². The molecule has 1 amide bonds. The summed E-state index contributed by atoms with van der Waals surface area (Å²) < 4.78 is 12.1. The predicted octanol–water partition coefficient (Wildman–Crippen LogP) is 3.47. The number of nitrogens with zero attached hydrogens (tertiary/aromatic N) is 2. The largest absolute Gasteiger partial charge is 0.460 e. The molecule has 2 heterocycles. The Morgan fingerprint density at radius 1 is 1.32 bits per heavy atom. The molecule has 2 aromatic heterocycles. The number of methoxy groups -OCH3 is 1. The van der Waals surface area contributed by atoms with E-state index in [1.54, 1.807) is 30.0 Å². The summed E-state index contributed by atoms with van der Waals surface area (Å²) in [6.07, 6.45) is 0. The van der Waals surface area contributed by atoms with Crippen molar-refractivity contribution in [2.45, 2.75) is 6.92 Å². The minimum absolute atomic E-state index is 0.251. The van der Waals surface area contributed by atoms with Gasteiger partial charge in [0.05, 0.1) is 12.3 Å². The number of amides is 1. The topological polar surface area (TPSA) is 69.3 Å². The summed E-state index contributed by atoms with van der Waals surface area (Å²) >= 11 is 6.08. The van der Waals surface area contributed by atoms with Gasteiger partial charge in [-0.3, -0.25) is 4.79 Å². The number of rotatable bonds is 6. The van der Waals surface area contributed by atoms with Crippen LogP contribution in [0.5, 0.6) is 0 Å². The minimum Gasteiger partial charge on any atom is -0.460 e. The molecular weight excluding hydrogens is 342 g/mol. The van der Waals surface area contributed by atoms with E-state index in [0.717, 1.165) is 5.76 Å². The summed E-state index contributed by atoms with van der Waals surface area (Å²) in [6, 6.07) is 12.5. The van der Waals surface area contributed by atoms with Gasteiger partial charge in [-0.15, -0.1) is 0 Å². The van der Waals surface area contributed by atoms with Gasteiger partial charge >= 0.3 is 0 Å². The third-order valence-corrected chi connectivity index (χ3v) is 3.81. The SMILES string of the molecule is COCCNC(=O)c1cc(-c2ccc(C)o2)nn1-c1cccc(Cl)c1. The smallest absolute Gasteiger partial charge is 0.270 e. The van der Waals surface area contributed by atoms with Crippen molar-refractivity contribution < 1.29 is 13.9 Å². The first kappa shape index (κ1) is 17.3. The van der Waals surface area contributed by atoms with E-state index >= 15 is 0 Å². The van der Waals surface area contributed by atoms with E-state index in [-0.39, 0.29) is 5.91 Å². The second kappa shape index (κ2) is 7.55. The number of ether oxygens (including phenoxy) is 1. The number of hydrogen-bond donors (Lipinski definition) is 1. The maximum atomic E-state index is 12.6. The Morgan fingerprint density at radius 3 is 2.84 bits per heavy atom. The van der Waals surface area contributed by atoms with Crippen LogP contribution in [0.1, 0.15) is 16.2 Å². The Bertz CT molecular complexity index is 885. The molecule has 0 aliphatic heterocycles. The summed E-state index contributed by atoms with van der Waals surface area (Å²) in [6.45, 7) is 2.70. The maximum Gasteiger partial charge on any atom is 0.270 e. The zero-order chi connectivity index (χ0) is 17.8. The highest BCUT2D eigenvalue weighted by atomic mass is 35.5. The average Bonchev–Trinajstić information content (AvgIpc) is 3.21. The Morgan fingerprint density at radius 2 is 2.16 bits per heavy atom. The van der Waals surface area contributed by atoms with Crippen molar-refractivity contribution in [3.8, 4) is 17.1 Å². The Labute approximate surface area is 150 Å². The molecule has 1 aromatic carbocycles. The number of carbonyl (C=O) groups is 1. The van der Waals surface area contributed by atoms with Crippen molar-refractivity contribution in [2.75, 3.05) is 20.3 Å². The molecule has 25 heavy (non-hydrogen) atoms. The minimum atomic E-state index is -0.251. The van der Waals surface area contributed by atoms with Gasteiger partial charge < -0.3 is 14.5 Å². The molecule has 1 N–H and O–H groups in total. The lowest BCUT2D eigenvalue weighted by Gasteiger charge is -2.08. The summed E-state index contributed by atoms with van der Waals surface area (Å²) in [5, 5.41) is 7.90. The van der Waals surface area contributed by atoms with Crippen molar-refractivity contribution in [1.82, 2.24) is 15.1 Å². The van der Waals surface area contributed by atoms with E-state index in [9.17, 15) is 4.79 Å². The van der Waals surface area contributed by atoms with Crippen LogP contribution in [0.3, 0.4) is 0 Å². The number of benzene rings is 1. The van der Waals surface area contributed by atoms with Gasteiger partial charge in [-0.25, -0.2) is 4.68 Å². The van der Waals surface area contributed by atoms with Crippen molar-refractivity contribution >= 4 is 17.5 Å². The number of hydrogen-bond acceptors (Lipinski definition) is 4. The fraction of sp³-hybridized carbons (Fsp3) is 0.222. The molecule has 0 atom stereocenters. The highest BCUT2D eigenvalue weighted by molar-refractivity contribution is 6.30. The number of furan rings is 1. The summed E-state index contributed by atoms with van der Waals surface area (Å²) in [5.74, 6) is 1.13.